The second kappa shape index (κ2) is 5.51. The molecular formula is C17H16F3N4+. The zero-order chi connectivity index (χ0) is 16.7. The third kappa shape index (κ3) is 2.93. The lowest BCUT2D eigenvalue weighted by Crippen LogP contribution is -2.08. The Hall–Kier alpha value is -2.57. The summed E-state index contributed by atoms with van der Waals surface area (Å²) in [7, 11) is 0. The number of H-pyrrole nitrogens is 1. The summed E-state index contributed by atoms with van der Waals surface area (Å²) in [5.74, 6) is 1.42. The number of nitrogens with one attached hydrogen (secondary N) is 2. The molecule has 1 fully saturated rings. The number of rotatable bonds is 4. The lowest BCUT2D eigenvalue weighted by Gasteiger charge is -2.07. The summed E-state index contributed by atoms with van der Waals surface area (Å²) in [5.41, 5.74) is 1.11. The Morgan fingerprint density at radius 3 is 2.79 bits per heavy atom. The van der Waals surface area contributed by atoms with Gasteiger partial charge in [-0.3, -0.25) is 0 Å². The maximum atomic E-state index is 12.9. The van der Waals surface area contributed by atoms with Gasteiger partial charge in [-0.05, 0) is 37.0 Å². The Labute approximate surface area is 136 Å². The molecule has 1 aromatic carbocycles. The molecule has 0 amide bonds. The van der Waals surface area contributed by atoms with Crippen LogP contribution in [0.3, 0.4) is 0 Å². The monoisotopic (exact) mass is 333 g/mol. The van der Waals surface area contributed by atoms with Crippen molar-refractivity contribution in [1.82, 2.24) is 9.61 Å². The van der Waals surface area contributed by atoms with Gasteiger partial charge in [-0.1, -0.05) is 21.7 Å². The van der Waals surface area contributed by atoms with Crippen molar-refractivity contribution in [3.8, 4) is 11.3 Å². The van der Waals surface area contributed by atoms with Gasteiger partial charge < -0.3 is 5.32 Å². The molecule has 1 saturated carbocycles. The van der Waals surface area contributed by atoms with Gasteiger partial charge in [-0.15, -0.1) is 0 Å². The number of aromatic nitrogens is 3. The minimum absolute atomic E-state index is 0.466. The van der Waals surface area contributed by atoms with E-state index in [0.29, 0.717) is 23.0 Å². The van der Waals surface area contributed by atoms with Crippen LogP contribution in [0, 0.1) is 5.92 Å². The van der Waals surface area contributed by atoms with E-state index in [1.807, 2.05) is 12.1 Å². The quantitative estimate of drug-likeness (QED) is 0.792. The number of hydrogen-bond acceptors (Lipinski definition) is 2. The third-order valence-corrected chi connectivity index (χ3v) is 4.17. The van der Waals surface area contributed by atoms with Crippen LogP contribution in [-0.4, -0.2) is 16.2 Å². The van der Waals surface area contributed by atoms with Gasteiger partial charge in [0.15, 0.2) is 5.82 Å². The summed E-state index contributed by atoms with van der Waals surface area (Å²) < 4.78 is 40.4. The van der Waals surface area contributed by atoms with Crippen molar-refractivity contribution >= 4 is 11.5 Å². The topological polar surface area (TPSA) is 43.5 Å². The van der Waals surface area contributed by atoms with Gasteiger partial charge in [0.1, 0.15) is 6.20 Å². The maximum Gasteiger partial charge on any atom is 0.416 e. The number of aromatic amines is 1. The van der Waals surface area contributed by atoms with Crippen LogP contribution in [0.25, 0.3) is 16.9 Å². The highest BCUT2D eigenvalue weighted by molar-refractivity contribution is 5.62. The van der Waals surface area contributed by atoms with E-state index in [9.17, 15) is 13.2 Å². The van der Waals surface area contributed by atoms with Crippen LogP contribution in [0.2, 0.25) is 0 Å². The fraction of sp³-hybridized carbons (Fsp3) is 0.294. The SMILES string of the molecule is FC(F)(F)c1cccc(-c2c[nH+]c3ccc(NCC4CC4)nn23)c1. The molecule has 0 atom stereocenters. The second-order valence-electron chi connectivity index (χ2n) is 6.09. The normalized spacial score (nSPS) is 15.0. The van der Waals surface area contributed by atoms with Gasteiger partial charge in [0.2, 0.25) is 5.69 Å². The van der Waals surface area contributed by atoms with Crippen molar-refractivity contribution in [2.24, 2.45) is 5.92 Å². The molecule has 1 aliphatic carbocycles. The first-order valence-corrected chi connectivity index (χ1v) is 7.83. The van der Waals surface area contributed by atoms with Gasteiger partial charge >= 0.3 is 11.8 Å². The highest BCUT2D eigenvalue weighted by atomic mass is 19.4. The van der Waals surface area contributed by atoms with Gasteiger partial charge in [0.05, 0.1) is 5.56 Å². The second-order valence-corrected chi connectivity index (χ2v) is 6.09. The molecule has 0 spiro atoms. The molecule has 1 aliphatic rings. The lowest BCUT2D eigenvalue weighted by atomic mass is 10.1. The minimum Gasteiger partial charge on any atom is -0.367 e. The lowest BCUT2D eigenvalue weighted by molar-refractivity contribution is -0.343. The Morgan fingerprint density at radius 1 is 1.21 bits per heavy atom. The molecule has 24 heavy (non-hydrogen) atoms. The number of fused-ring (bicyclic) bond motifs is 1. The van der Waals surface area contributed by atoms with Crippen LogP contribution in [0.1, 0.15) is 18.4 Å². The van der Waals surface area contributed by atoms with Crippen molar-refractivity contribution in [2.45, 2.75) is 19.0 Å². The number of halogens is 3. The number of nitrogens with zero attached hydrogens (tertiary/aromatic N) is 2. The van der Waals surface area contributed by atoms with Crippen LogP contribution in [-0.2, 0) is 6.18 Å². The minimum atomic E-state index is -4.36. The molecule has 4 rings (SSSR count). The van der Waals surface area contributed by atoms with Crippen LogP contribution < -0.4 is 10.3 Å². The highest BCUT2D eigenvalue weighted by Gasteiger charge is 2.31. The molecule has 0 radical (unpaired) electrons. The summed E-state index contributed by atoms with van der Waals surface area (Å²) >= 11 is 0. The Morgan fingerprint density at radius 2 is 2.04 bits per heavy atom. The molecular weight excluding hydrogens is 317 g/mol. The predicted octanol–water partition coefficient (Wildman–Crippen LogP) is 3.66. The fourth-order valence-electron chi connectivity index (χ4n) is 2.65. The molecule has 7 heteroatoms. The summed E-state index contributed by atoms with van der Waals surface area (Å²) in [6.45, 7) is 0.877. The molecule has 2 N–H and O–H groups in total. The van der Waals surface area contributed by atoms with Crippen molar-refractivity contribution < 1.29 is 18.2 Å². The first-order valence-electron chi connectivity index (χ1n) is 7.83. The van der Waals surface area contributed by atoms with E-state index in [0.717, 1.165) is 24.3 Å². The average Bonchev–Trinajstić information content (AvgIpc) is 3.30. The molecule has 0 bridgehead atoms. The number of hydrogen-bond donors (Lipinski definition) is 1. The molecule has 3 aromatic rings. The predicted molar refractivity (Wildman–Crippen MR) is 83.4 cm³/mol. The van der Waals surface area contributed by atoms with Crippen molar-refractivity contribution in [3.05, 3.63) is 48.2 Å². The van der Waals surface area contributed by atoms with Crippen LogP contribution in [0.4, 0.5) is 19.0 Å². The van der Waals surface area contributed by atoms with Crippen molar-refractivity contribution in [1.29, 1.82) is 0 Å². The molecule has 0 saturated heterocycles. The van der Waals surface area contributed by atoms with E-state index < -0.39 is 11.7 Å². The number of benzene rings is 1. The van der Waals surface area contributed by atoms with Gasteiger partial charge in [-0.25, -0.2) is 4.98 Å². The van der Waals surface area contributed by atoms with E-state index in [1.54, 1.807) is 16.8 Å². The van der Waals surface area contributed by atoms with Crippen LogP contribution in [0.5, 0.6) is 0 Å². The van der Waals surface area contributed by atoms with E-state index in [-0.39, 0.29) is 0 Å². The van der Waals surface area contributed by atoms with Gasteiger partial charge in [0.25, 0.3) is 0 Å². The van der Waals surface area contributed by atoms with Crippen LogP contribution in [0.15, 0.2) is 42.6 Å². The fourth-order valence-corrected chi connectivity index (χ4v) is 2.65. The number of anilines is 1. The van der Waals surface area contributed by atoms with E-state index in [4.69, 9.17) is 0 Å². The number of alkyl halides is 3. The smallest absolute Gasteiger partial charge is 0.367 e. The zero-order valence-corrected chi connectivity index (χ0v) is 12.8. The Bertz CT molecular complexity index is 881. The summed E-state index contributed by atoms with van der Waals surface area (Å²) in [6.07, 6.45) is -0.219. The molecule has 124 valence electrons. The zero-order valence-electron chi connectivity index (χ0n) is 12.8. The molecule has 4 nitrogen and oxygen atoms in total. The van der Waals surface area contributed by atoms with Crippen molar-refractivity contribution in [2.75, 3.05) is 11.9 Å². The maximum absolute atomic E-state index is 12.9. The van der Waals surface area contributed by atoms with E-state index >= 15 is 0 Å². The molecule has 2 aromatic heterocycles. The van der Waals surface area contributed by atoms with E-state index in [1.165, 1.54) is 18.9 Å². The first kappa shape index (κ1) is 15.0. The van der Waals surface area contributed by atoms with Gasteiger partial charge in [-0.2, -0.15) is 13.2 Å². The highest BCUT2D eigenvalue weighted by Crippen LogP contribution is 2.32. The standard InChI is InChI=1S/C17H15F3N4/c18-17(19,20)13-3-1-2-12(8-13)14-10-22-16-7-6-15(23-24(14)16)21-9-11-4-5-11/h1-3,6-8,10-11H,4-5,9H2,(H,21,23)/p+1. The summed E-state index contributed by atoms with van der Waals surface area (Å²) in [4.78, 5) is 3.04. The molecule has 2 heterocycles. The summed E-state index contributed by atoms with van der Waals surface area (Å²) in [6, 6.07) is 8.99. The van der Waals surface area contributed by atoms with Crippen LogP contribution >= 0.6 is 0 Å². The van der Waals surface area contributed by atoms with E-state index in [2.05, 4.69) is 15.4 Å². The number of imidazole rings is 1. The Balaban J connectivity index is 1.71. The van der Waals surface area contributed by atoms with Gasteiger partial charge in [0, 0.05) is 18.2 Å². The largest absolute Gasteiger partial charge is 0.416 e. The summed E-state index contributed by atoms with van der Waals surface area (Å²) in [5, 5.41) is 7.77. The molecule has 0 aliphatic heterocycles. The molecule has 0 unspecified atom stereocenters. The average molecular weight is 333 g/mol. The Kier molecular flexibility index (Phi) is 3.44. The van der Waals surface area contributed by atoms with Crippen molar-refractivity contribution in [3.63, 3.8) is 0 Å². The first-order chi connectivity index (χ1) is 11.5. The third-order valence-electron chi connectivity index (χ3n) is 4.17.